The number of carboxylic acids is 1. The molecule has 3 rings (SSSR count). The van der Waals surface area contributed by atoms with Crippen LogP contribution in [0.4, 0.5) is 0 Å². The van der Waals surface area contributed by atoms with Crippen molar-refractivity contribution in [2.24, 2.45) is 4.99 Å². The Morgan fingerprint density at radius 2 is 1.76 bits per heavy atom. The number of nitrogens with zero attached hydrogens (tertiary/aromatic N) is 2. The lowest BCUT2D eigenvalue weighted by molar-refractivity contribution is 0.0697. The predicted molar refractivity (Wildman–Crippen MR) is 80.0 cm³/mol. The van der Waals surface area contributed by atoms with E-state index in [1.54, 1.807) is 18.2 Å². The SMILES string of the molecule is C=N/C(C#N)=C1/c2ccccc2-c2c(C(=O)O)cccc21. The molecule has 0 aliphatic heterocycles. The summed E-state index contributed by atoms with van der Waals surface area (Å²) in [4.78, 5) is 15.3. The van der Waals surface area contributed by atoms with E-state index in [0.717, 1.165) is 11.1 Å². The standard InChI is InChI=1S/C17H10N2O2/c1-19-14(9-18)16-11-6-3-2-5-10(11)15-12(16)7-4-8-13(15)17(20)21/h2-8H,1H2,(H,20,21)/b16-14-. The van der Waals surface area contributed by atoms with E-state index in [9.17, 15) is 15.2 Å². The van der Waals surface area contributed by atoms with Crippen molar-refractivity contribution in [2.45, 2.75) is 0 Å². The fourth-order valence-electron chi connectivity index (χ4n) is 2.72. The van der Waals surface area contributed by atoms with Gasteiger partial charge in [0.1, 0.15) is 11.8 Å². The van der Waals surface area contributed by atoms with Crippen LogP contribution in [0.5, 0.6) is 0 Å². The molecule has 100 valence electrons. The molecule has 0 unspecified atom stereocenters. The summed E-state index contributed by atoms with van der Waals surface area (Å²) in [6, 6.07) is 14.5. The van der Waals surface area contributed by atoms with Crippen molar-refractivity contribution in [3.05, 3.63) is 64.9 Å². The fourth-order valence-corrected chi connectivity index (χ4v) is 2.72. The van der Waals surface area contributed by atoms with Gasteiger partial charge in [-0.05, 0) is 29.5 Å². The van der Waals surface area contributed by atoms with Gasteiger partial charge in [-0.2, -0.15) is 5.26 Å². The summed E-state index contributed by atoms with van der Waals surface area (Å²) in [7, 11) is 0. The van der Waals surface area contributed by atoms with E-state index >= 15 is 0 Å². The third kappa shape index (κ3) is 1.76. The number of aliphatic imine (C=N–C) groups is 1. The Bertz CT molecular complexity index is 857. The van der Waals surface area contributed by atoms with Crippen molar-refractivity contribution in [1.82, 2.24) is 0 Å². The smallest absolute Gasteiger partial charge is 0.336 e. The van der Waals surface area contributed by atoms with Gasteiger partial charge < -0.3 is 5.11 Å². The van der Waals surface area contributed by atoms with Crippen LogP contribution in [0.2, 0.25) is 0 Å². The van der Waals surface area contributed by atoms with Gasteiger partial charge in [0.15, 0.2) is 0 Å². The Balaban J connectivity index is 2.50. The number of benzene rings is 2. The highest BCUT2D eigenvalue weighted by Crippen LogP contribution is 2.47. The minimum Gasteiger partial charge on any atom is -0.478 e. The van der Waals surface area contributed by atoms with Gasteiger partial charge in [0.05, 0.1) is 5.56 Å². The molecule has 0 aromatic heterocycles. The average molecular weight is 274 g/mol. The Morgan fingerprint density at radius 1 is 1.10 bits per heavy atom. The zero-order valence-corrected chi connectivity index (χ0v) is 11.0. The van der Waals surface area contributed by atoms with Gasteiger partial charge in [-0.25, -0.2) is 4.79 Å². The van der Waals surface area contributed by atoms with Gasteiger partial charge in [0, 0.05) is 11.1 Å². The number of aromatic carboxylic acids is 1. The van der Waals surface area contributed by atoms with Crippen LogP contribution in [0, 0.1) is 11.3 Å². The number of hydrogen-bond donors (Lipinski definition) is 1. The summed E-state index contributed by atoms with van der Waals surface area (Å²) >= 11 is 0. The Labute approximate surface area is 121 Å². The zero-order valence-electron chi connectivity index (χ0n) is 11.0. The number of allylic oxidation sites excluding steroid dienone is 1. The zero-order chi connectivity index (χ0) is 15.0. The summed E-state index contributed by atoms with van der Waals surface area (Å²) < 4.78 is 0. The molecule has 4 heteroatoms. The first-order valence-electron chi connectivity index (χ1n) is 6.26. The summed E-state index contributed by atoms with van der Waals surface area (Å²) in [6.07, 6.45) is 0. The average Bonchev–Trinajstić information content (AvgIpc) is 2.84. The molecular formula is C17H10N2O2. The number of nitriles is 1. The van der Waals surface area contributed by atoms with Crippen molar-refractivity contribution < 1.29 is 9.90 Å². The summed E-state index contributed by atoms with van der Waals surface area (Å²) in [5, 5.41) is 18.7. The molecule has 1 aliphatic carbocycles. The molecule has 0 amide bonds. The Kier molecular flexibility index (Phi) is 2.89. The second kappa shape index (κ2) is 4.73. The molecule has 0 spiro atoms. The van der Waals surface area contributed by atoms with Gasteiger partial charge >= 0.3 is 5.97 Å². The first-order valence-corrected chi connectivity index (χ1v) is 6.26. The van der Waals surface area contributed by atoms with Crippen LogP contribution < -0.4 is 0 Å². The van der Waals surface area contributed by atoms with Crippen LogP contribution in [0.15, 0.2) is 53.2 Å². The molecule has 0 saturated heterocycles. The lowest BCUT2D eigenvalue weighted by Crippen LogP contribution is -1.99. The maximum absolute atomic E-state index is 11.5. The van der Waals surface area contributed by atoms with Gasteiger partial charge in [0.2, 0.25) is 0 Å². The summed E-state index contributed by atoms with van der Waals surface area (Å²) in [6.45, 7) is 3.43. The van der Waals surface area contributed by atoms with E-state index in [0.29, 0.717) is 16.7 Å². The van der Waals surface area contributed by atoms with Crippen LogP contribution >= 0.6 is 0 Å². The van der Waals surface area contributed by atoms with Crippen molar-refractivity contribution in [3.63, 3.8) is 0 Å². The van der Waals surface area contributed by atoms with Crippen molar-refractivity contribution in [2.75, 3.05) is 0 Å². The molecule has 0 fully saturated rings. The first-order chi connectivity index (χ1) is 10.2. The van der Waals surface area contributed by atoms with E-state index in [2.05, 4.69) is 11.7 Å². The maximum atomic E-state index is 11.5. The Morgan fingerprint density at radius 3 is 2.38 bits per heavy atom. The highest BCUT2D eigenvalue weighted by atomic mass is 16.4. The van der Waals surface area contributed by atoms with Crippen molar-refractivity contribution >= 4 is 18.3 Å². The number of fused-ring (bicyclic) bond motifs is 3. The summed E-state index contributed by atoms with van der Waals surface area (Å²) in [5.41, 5.74) is 4.01. The molecule has 2 aromatic rings. The molecule has 0 saturated carbocycles. The van der Waals surface area contributed by atoms with Gasteiger partial charge in [-0.15, -0.1) is 0 Å². The highest BCUT2D eigenvalue weighted by Gasteiger charge is 2.29. The molecule has 0 bridgehead atoms. The third-order valence-electron chi connectivity index (χ3n) is 3.53. The normalized spacial score (nSPS) is 13.9. The molecule has 1 aliphatic rings. The Hall–Kier alpha value is -3.19. The molecule has 0 heterocycles. The highest BCUT2D eigenvalue weighted by molar-refractivity contribution is 6.09. The topological polar surface area (TPSA) is 73.5 Å². The lowest BCUT2D eigenvalue weighted by atomic mass is 9.99. The van der Waals surface area contributed by atoms with E-state index in [4.69, 9.17) is 0 Å². The van der Waals surface area contributed by atoms with E-state index in [-0.39, 0.29) is 11.3 Å². The molecular weight excluding hydrogens is 264 g/mol. The van der Waals surface area contributed by atoms with Gasteiger partial charge in [-0.1, -0.05) is 36.4 Å². The van der Waals surface area contributed by atoms with E-state index in [1.165, 1.54) is 0 Å². The van der Waals surface area contributed by atoms with Gasteiger partial charge in [0.25, 0.3) is 0 Å². The lowest BCUT2D eigenvalue weighted by Gasteiger charge is -2.05. The molecule has 21 heavy (non-hydrogen) atoms. The van der Waals surface area contributed by atoms with Crippen LogP contribution in [0.1, 0.15) is 21.5 Å². The van der Waals surface area contributed by atoms with E-state index in [1.807, 2.05) is 30.3 Å². The number of carbonyl (C=O) groups is 1. The quantitative estimate of drug-likeness (QED) is 0.575. The molecule has 4 nitrogen and oxygen atoms in total. The fraction of sp³-hybridized carbons (Fsp3) is 0. The van der Waals surface area contributed by atoms with Gasteiger partial charge in [-0.3, -0.25) is 4.99 Å². The largest absolute Gasteiger partial charge is 0.478 e. The number of hydrogen-bond acceptors (Lipinski definition) is 3. The summed E-state index contributed by atoms with van der Waals surface area (Å²) in [5.74, 6) is -0.993. The van der Waals surface area contributed by atoms with Crippen LogP contribution in [-0.2, 0) is 0 Å². The van der Waals surface area contributed by atoms with Crippen LogP contribution in [-0.4, -0.2) is 17.8 Å². The predicted octanol–water partition coefficient (Wildman–Crippen LogP) is 3.35. The second-order valence-electron chi connectivity index (χ2n) is 4.57. The maximum Gasteiger partial charge on any atom is 0.336 e. The molecule has 2 aromatic carbocycles. The second-order valence-corrected chi connectivity index (χ2v) is 4.57. The molecule has 1 N–H and O–H groups in total. The number of rotatable bonds is 2. The first kappa shape index (κ1) is 12.8. The minimum atomic E-state index is -0.993. The minimum absolute atomic E-state index is 0.198. The molecule has 0 radical (unpaired) electrons. The van der Waals surface area contributed by atoms with Crippen molar-refractivity contribution in [1.29, 1.82) is 5.26 Å². The monoisotopic (exact) mass is 274 g/mol. The van der Waals surface area contributed by atoms with Crippen molar-refractivity contribution in [3.8, 4) is 17.2 Å². The number of carboxylic acid groups (broad SMARTS) is 1. The van der Waals surface area contributed by atoms with E-state index < -0.39 is 5.97 Å². The third-order valence-corrected chi connectivity index (χ3v) is 3.53. The van der Waals surface area contributed by atoms with Crippen LogP contribution in [0.25, 0.3) is 16.7 Å². The van der Waals surface area contributed by atoms with Crippen LogP contribution in [0.3, 0.4) is 0 Å². The molecule has 0 atom stereocenters.